The van der Waals surface area contributed by atoms with Crippen LogP contribution in [0.5, 0.6) is 0 Å². The number of rotatable bonds is 4. The number of carbonyl (C=O) groups excluding carboxylic acids is 1. The first-order valence-electron chi connectivity index (χ1n) is 5.82. The molecule has 0 atom stereocenters. The number of aliphatic hydroxyl groups is 1. The van der Waals surface area contributed by atoms with Gasteiger partial charge in [-0.25, -0.2) is 0 Å². The Labute approximate surface area is 109 Å². The van der Waals surface area contributed by atoms with Gasteiger partial charge >= 0.3 is 0 Å². The maximum atomic E-state index is 11.7. The van der Waals surface area contributed by atoms with Crippen LogP contribution in [0.1, 0.15) is 24.8 Å². The Kier molecular flexibility index (Phi) is 3.84. The normalized spacial score (nSPS) is 17.3. The molecule has 92 valence electrons. The van der Waals surface area contributed by atoms with Gasteiger partial charge in [-0.05, 0) is 30.9 Å². The SMILES string of the molecule is O=C(Cc1ccccc1Br)NCC1(O)CCC1. The molecule has 1 amide bonds. The molecule has 1 fully saturated rings. The van der Waals surface area contributed by atoms with Gasteiger partial charge in [0.15, 0.2) is 0 Å². The van der Waals surface area contributed by atoms with Gasteiger partial charge in [0.1, 0.15) is 0 Å². The van der Waals surface area contributed by atoms with E-state index in [0.29, 0.717) is 13.0 Å². The van der Waals surface area contributed by atoms with Crippen molar-refractivity contribution in [2.75, 3.05) is 6.54 Å². The van der Waals surface area contributed by atoms with Crippen LogP contribution in [0.4, 0.5) is 0 Å². The average Bonchev–Trinajstić information content (AvgIpc) is 2.27. The molecule has 1 aliphatic carbocycles. The highest BCUT2D eigenvalue weighted by Gasteiger charge is 2.34. The molecule has 2 N–H and O–H groups in total. The van der Waals surface area contributed by atoms with E-state index in [1.807, 2.05) is 24.3 Å². The fraction of sp³-hybridized carbons (Fsp3) is 0.462. The maximum absolute atomic E-state index is 11.7. The van der Waals surface area contributed by atoms with Gasteiger partial charge in [0.25, 0.3) is 0 Å². The van der Waals surface area contributed by atoms with Crippen LogP contribution < -0.4 is 5.32 Å². The van der Waals surface area contributed by atoms with E-state index in [1.165, 1.54) is 0 Å². The Morgan fingerprint density at radius 3 is 2.71 bits per heavy atom. The van der Waals surface area contributed by atoms with E-state index >= 15 is 0 Å². The smallest absolute Gasteiger partial charge is 0.224 e. The second kappa shape index (κ2) is 5.19. The summed E-state index contributed by atoms with van der Waals surface area (Å²) in [6.07, 6.45) is 2.98. The molecule has 0 spiro atoms. The van der Waals surface area contributed by atoms with Gasteiger partial charge in [-0.15, -0.1) is 0 Å². The monoisotopic (exact) mass is 297 g/mol. The minimum absolute atomic E-state index is 0.0442. The molecule has 0 aromatic heterocycles. The van der Waals surface area contributed by atoms with Crippen molar-refractivity contribution in [3.8, 4) is 0 Å². The van der Waals surface area contributed by atoms with E-state index in [-0.39, 0.29) is 5.91 Å². The largest absolute Gasteiger partial charge is 0.388 e. The molecule has 1 saturated carbocycles. The summed E-state index contributed by atoms with van der Waals surface area (Å²) in [5.41, 5.74) is 0.314. The van der Waals surface area contributed by atoms with Crippen molar-refractivity contribution in [3.05, 3.63) is 34.3 Å². The lowest BCUT2D eigenvalue weighted by Crippen LogP contribution is -2.48. The quantitative estimate of drug-likeness (QED) is 0.893. The Morgan fingerprint density at radius 2 is 2.12 bits per heavy atom. The van der Waals surface area contributed by atoms with Gasteiger partial charge in [0.2, 0.25) is 5.91 Å². The van der Waals surface area contributed by atoms with E-state index < -0.39 is 5.60 Å². The highest BCUT2D eigenvalue weighted by atomic mass is 79.9. The van der Waals surface area contributed by atoms with E-state index in [2.05, 4.69) is 21.2 Å². The molecule has 3 nitrogen and oxygen atoms in total. The number of hydrogen-bond donors (Lipinski definition) is 2. The first kappa shape index (κ1) is 12.6. The summed E-state index contributed by atoms with van der Waals surface area (Å²) in [4.78, 5) is 11.7. The van der Waals surface area contributed by atoms with Crippen molar-refractivity contribution >= 4 is 21.8 Å². The standard InChI is InChI=1S/C13H16BrNO2/c14-11-5-2-1-4-10(11)8-12(16)15-9-13(17)6-3-7-13/h1-2,4-5,17H,3,6-9H2,(H,15,16). The molecule has 0 radical (unpaired) electrons. The lowest BCUT2D eigenvalue weighted by molar-refractivity contribution is -0.122. The fourth-order valence-corrected chi connectivity index (χ4v) is 2.33. The third-order valence-electron chi connectivity index (χ3n) is 3.21. The molecule has 4 heteroatoms. The first-order valence-corrected chi connectivity index (χ1v) is 6.61. The summed E-state index contributed by atoms with van der Waals surface area (Å²) >= 11 is 3.41. The number of halogens is 1. The summed E-state index contributed by atoms with van der Waals surface area (Å²) in [6, 6.07) is 7.67. The Balaban J connectivity index is 1.83. The summed E-state index contributed by atoms with van der Waals surface area (Å²) in [5.74, 6) is -0.0442. The zero-order valence-corrected chi connectivity index (χ0v) is 11.2. The zero-order chi connectivity index (χ0) is 12.3. The lowest BCUT2D eigenvalue weighted by atomic mass is 9.80. The third-order valence-corrected chi connectivity index (χ3v) is 3.98. The molecule has 0 bridgehead atoms. The maximum Gasteiger partial charge on any atom is 0.224 e. The average molecular weight is 298 g/mol. The van der Waals surface area contributed by atoms with Crippen molar-refractivity contribution in [2.45, 2.75) is 31.3 Å². The van der Waals surface area contributed by atoms with Crippen LogP contribution >= 0.6 is 15.9 Å². The molecule has 17 heavy (non-hydrogen) atoms. The van der Waals surface area contributed by atoms with Gasteiger partial charge in [-0.1, -0.05) is 34.1 Å². The van der Waals surface area contributed by atoms with Gasteiger partial charge in [0, 0.05) is 11.0 Å². The van der Waals surface area contributed by atoms with Gasteiger partial charge in [-0.2, -0.15) is 0 Å². The second-order valence-corrected chi connectivity index (χ2v) is 5.48. The van der Waals surface area contributed by atoms with Crippen molar-refractivity contribution < 1.29 is 9.90 Å². The molecule has 2 rings (SSSR count). The van der Waals surface area contributed by atoms with Crippen molar-refractivity contribution in [2.24, 2.45) is 0 Å². The predicted octanol–water partition coefficient (Wildman–Crippen LogP) is 2.02. The second-order valence-electron chi connectivity index (χ2n) is 4.62. The number of benzene rings is 1. The molecule has 1 aromatic carbocycles. The van der Waals surface area contributed by atoms with E-state index in [0.717, 1.165) is 29.3 Å². The summed E-state index contributed by atoms with van der Waals surface area (Å²) in [7, 11) is 0. The highest BCUT2D eigenvalue weighted by Crippen LogP contribution is 2.30. The predicted molar refractivity (Wildman–Crippen MR) is 69.7 cm³/mol. The van der Waals surface area contributed by atoms with E-state index in [9.17, 15) is 9.90 Å². The van der Waals surface area contributed by atoms with Crippen LogP contribution in [-0.2, 0) is 11.2 Å². The van der Waals surface area contributed by atoms with Crippen molar-refractivity contribution in [1.82, 2.24) is 5.32 Å². The van der Waals surface area contributed by atoms with Crippen LogP contribution in [0.25, 0.3) is 0 Å². The van der Waals surface area contributed by atoms with Crippen molar-refractivity contribution in [3.63, 3.8) is 0 Å². The summed E-state index contributed by atoms with van der Waals surface area (Å²) in [6.45, 7) is 0.371. The Morgan fingerprint density at radius 1 is 1.41 bits per heavy atom. The molecule has 0 aliphatic heterocycles. The molecule has 1 aliphatic rings. The van der Waals surface area contributed by atoms with Crippen LogP contribution in [-0.4, -0.2) is 23.2 Å². The van der Waals surface area contributed by atoms with Crippen LogP contribution in [0.2, 0.25) is 0 Å². The number of nitrogens with one attached hydrogen (secondary N) is 1. The van der Waals surface area contributed by atoms with E-state index in [4.69, 9.17) is 0 Å². The summed E-state index contributed by atoms with van der Waals surface area (Å²) < 4.78 is 0.942. The lowest BCUT2D eigenvalue weighted by Gasteiger charge is -2.36. The molecular weight excluding hydrogens is 282 g/mol. The van der Waals surface area contributed by atoms with Crippen molar-refractivity contribution in [1.29, 1.82) is 0 Å². The number of hydrogen-bond acceptors (Lipinski definition) is 2. The van der Waals surface area contributed by atoms with E-state index in [1.54, 1.807) is 0 Å². The van der Waals surface area contributed by atoms with Gasteiger partial charge in [0.05, 0.1) is 12.0 Å². The zero-order valence-electron chi connectivity index (χ0n) is 9.58. The number of amides is 1. The minimum atomic E-state index is -0.649. The van der Waals surface area contributed by atoms with Crippen LogP contribution in [0.15, 0.2) is 28.7 Å². The van der Waals surface area contributed by atoms with Crippen LogP contribution in [0, 0.1) is 0 Å². The molecule has 0 saturated heterocycles. The summed E-state index contributed by atoms with van der Waals surface area (Å²) in [5, 5.41) is 12.6. The molecule has 0 heterocycles. The van der Waals surface area contributed by atoms with Crippen LogP contribution in [0.3, 0.4) is 0 Å². The highest BCUT2D eigenvalue weighted by molar-refractivity contribution is 9.10. The van der Waals surface area contributed by atoms with Gasteiger partial charge < -0.3 is 10.4 Å². The third kappa shape index (κ3) is 3.30. The number of carbonyl (C=O) groups is 1. The Bertz CT molecular complexity index is 416. The fourth-order valence-electron chi connectivity index (χ4n) is 1.90. The first-order chi connectivity index (χ1) is 8.09. The Hall–Kier alpha value is -0.870. The molecule has 1 aromatic rings. The van der Waals surface area contributed by atoms with Gasteiger partial charge in [-0.3, -0.25) is 4.79 Å². The molecule has 0 unspecified atom stereocenters. The topological polar surface area (TPSA) is 49.3 Å². The minimum Gasteiger partial charge on any atom is -0.388 e. The molecular formula is C13H16BrNO2.